The van der Waals surface area contributed by atoms with E-state index in [2.05, 4.69) is 26.9 Å². The summed E-state index contributed by atoms with van der Waals surface area (Å²) in [6.07, 6.45) is 1.28. The predicted octanol–water partition coefficient (Wildman–Crippen LogP) is 0.0643. The van der Waals surface area contributed by atoms with Crippen molar-refractivity contribution in [3.63, 3.8) is 0 Å². The molecule has 0 radical (unpaired) electrons. The van der Waals surface area contributed by atoms with Crippen LogP contribution in [0.1, 0.15) is 19.8 Å². The van der Waals surface area contributed by atoms with Crippen LogP contribution in [0.15, 0.2) is 4.99 Å². The molecule has 0 amide bonds. The number of carbonyl (C=O) groups is 1. The molecule has 17 heavy (non-hydrogen) atoms. The van der Waals surface area contributed by atoms with Crippen molar-refractivity contribution in [2.45, 2.75) is 32.2 Å². The maximum Gasteiger partial charge on any atom is 0.313 e. The van der Waals surface area contributed by atoms with Gasteiger partial charge in [0.05, 0.1) is 7.11 Å². The Kier molecular flexibility index (Phi) is 4.89. The van der Waals surface area contributed by atoms with Crippen LogP contribution in [-0.2, 0) is 9.53 Å². The zero-order valence-corrected chi connectivity index (χ0v) is 11.2. The second-order valence-corrected chi connectivity index (χ2v) is 4.13. The van der Waals surface area contributed by atoms with Gasteiger partial charge in [-0.1, -0.05) is 6.92 Å². The fourth-order valence-corrected chi connectivity index (χ4v) is 2.08. The van der Waals surface area contributed by atoms with Gasteiger partial charge in [0.1, 0.15) is 24.7 Å². The molecule has 0 aromatic heterocycles. The summed E-state index contributed by atoms with van der Waals surface area (Å²) in [5.74, 6) is 0.506. The maximum atomic E-state index is 11.3. The molecule has 0 saturated carbocycles. The first-order valence-electron chi connectivity index (χ1n) is 5.80. The molecule has 6 heteroatoms. The molecule has 2 atom stereocenters. The zero-order chi connectivity index (χ0) is 13.0. The van der Waals surface area contributed by atoms with Crippen molar-refractivity contribution in [3.05, 3.63) is 0 Å². The molecule has 1 heterocycles. The van der Waals surface area contributed by atoms with Crippen molar-refractivity contribution in [1.29, 1.82) is 0 Å². The van der Waals surface area contributed by atoms with Crippen molar-refractivity contribution < 1.29 is 9.53 Å². The fourth-order valence-electron chi connectivity index (χ4n) is 2.08. The first-order valence-corrected chi connectivity index (χ1v) is 5.80. The van der Waals surface area contributed by atoms with Crippen molar-refractivity contribution in [1.82, 2.24) is 15.1 Å². The summed E-state index contributed by atoms with van der Waals surface area (Å²) in [6, 6.07) is 0. The summed E-state index contributed by atoms with van der Waals surface area (Å²) in [5, 5.41) is 3.21. The van der Waals surface area contributed by atoms with Gasteiger partial charge in [-0.15, -0.1) is 0 Å². The summed E-state index contributed by atoms with van der Waals surface area (Å²) in [4.78, 5) is 20.0. The number of esters is 1. The van der Waals surface area contributed by atoms with E-state index in [0.717, 1.165) is 12.3 Å². The molecule has 1 unspecified atom stereocenters. The summed E-state index contributed by atoms with van der Waals surface area (Å²) >= 11 is 0. The average molecular weight is 242 g/mol. The standard InChI is InChI=1S/C11H22N4O2/c1-6-8-13-9(7-10(16)17-5)15(4)11(12-2)14(8)3/h8,11-12H,6-7H2,1-5H3/t8-,11?/m1/s1. The first kappa shape index (κ1) is 13.9. The molecule has 98 valence electrons. The molecule has 1 N–H and O–H groups in total. The number of hydrogen-bond donors (Lipinski definition) is 1. The molecule has 1 rings (SSSR count). The number of aliphatic imine (C=N–C) groups is 1. The number of methoxy groups -OCH3 is 1. The second-order valence-electron chi connectivity index (χ2n) is 4.13. The van der Waals surface area contributed by atoms with Crippen LogP contribution in [0, 0.1) is 0 Å². The quantitative estimate of drug-likeness (QED) is 0.707. The van der Waals surface area contributed by atoms with Gasteiger partial charge in [0.15, 0.2) is 0 Å². The van der Waals surface area contributed by atoms with E-state index in [9.17, 15) is 4.79 Å². The summed E-state index contributed by atoms with van der Waals surface area (Å²) in [6.45, 7) is 2.08. The lowest BCUT2D eigenvalue weighted by atomic mass is 10.2. The largest absolute Gasteiger partial charge is 0.469 e. The third kappa shape index (κ3) is 2.95. The summed E-state index contributed by atoms with van der Waals surface area (Å²) < 4.78 is 4.69. The molecule has 0 spiro atoms. The highest BCUT2D eigenvalue weighted by Gasteiger charge is 2.31. The zero-order valence-electron chi connectivity index (χ0n) is 11.2. The first-order chi connectivity index (χ1) is 8.04. The molecule has 1 aliphatic rings. The number of hydrogen-bond acceptors (Lipinski definition) is 6. The van der Waals surface area contributed by atoms with Crippen molar-refractivity contribution >= 4 is 11.8 Å². The molecule has 0 saturated heterocycles. The van der Waals surface area contributed by atoms with Gasteiger partial charge in [-0.2, -0.15) is 0 Å². The average Bonchev–Trinajstić information content (AvgIpc) is 2.33. The Balaban J connectivity index is 2.89. The molecular formula is C11H22N4O2. The number of carbonyl (C=O) groups excluding carboxylic acids is 1. The molecule has 0 fully saturated rings. The number of ether oxygens (including phenoxy) is 1. The number of nitrogens with one attached hydrogen (secondary N) is 1. The lowest BCUT2D eigenvalue weighted by molar-refractivity contribution is -0.139. The van der Waals surface area contributed by atoms with Gasteiger partial charge in [-0.25, -0.2) is 0 Å². The van der Waals surface area contributed by atoms with Crippen LogP contribution >= 0.6 is 0 Å². The van der Waals surface area contributed by atoms with Crippen molar-refractivity contribution in [2.75, 3.05) is 28.3 Å². The van der Waals surface area contributed by atoms with Crippen LogP contribution in [0.25, 0.3) is 0 Å². The highest BCUT2D eigenvalue weighted by molar-refractivity contribution is 5.97. The van der Waals surface area contributed by atoms with Gasteiger partial charge in [0.25, 0.3) is 0 Å². The minimum absolute atomic E-state index is 0.0529. The van der Waals surface area contributed by atoms with Gasteiger partial charge in [0.2, 0.25) is 0 Å². The Bertz CT molecular complexity index is 306. The third-order valence-corrected chi connectivity index (χ3v) is 3.08. The van der Waals surface area contributed by atoms with E-state index < -0.39 is 0 Å². The van der Waals surface area contributed by atoms with Crippen LogP contribution in [0.3, 0.4) is 0 Å². The summed E-state index contributed by atoms with van der Waals surface area (Å²) in [7, 11) is 7.23. The van der Waals surface area contributed by atoms with E-state index in [4.69, 9.17) is 0 Å². The highest BCUT2D eigenvalue weighted by Crippen LogP contribution is 2.17. The number of nitrogens with zero attached hydrogens (tertiary/aromatic N) is 3. The van der Waals surface area contributed by atoms with Gasteiger partial charge in [-0.05, 0) is 20.5 Å². The van der Waals surface area contributed by atoms with E-state index in [1.807, 2.05) is 26.0 Å². The van der Waals surface area contributed by atoms with E-state index in [1.54, 1.807) is 0 Å². The van der Waals surface area contributed by atoms with Crippen LogP contribution in [0.4, 0.5) is 0 Å². The molecular weight excluding hydrogens is 220 g/mol. The molecule has 6 nitrogen and oxygen atoms in total. The van der Waals surface area contributed by atoms with Crippen LogP contribution in [0.2, 0.25) is 0 Å². The van der Waals surface area contributed by atoms with Gasteiger partial charge >= 0.3 is 5.97 Å². The lowest BCUT2D eigenvalue weighted by Gasteiger charge is -2.43. The number of amidine groups is 1. The van der Waals surface area contributed by atoms with E-state index in [-0.39, 0.29) is 24.8 Å². The van der Waals surface area contributed by atoms with Crippen molar-refractivity contribution in [3.8, 4) is 0 Å². The smallest absolute Gasteiger partial charge is 0.313 e. The van der Waals surface area contributed by atoms with Gasteiger partial charge in [-0.3, -0.25) is 20.0 Å². The summed E-state index contributed by atoms with van der Waals surface area (Å²) in [5.41, 5.74) is 0. The van der Waals surface area contributed by atoms with Crippen LogP contribution in [0.5, 0.6) is 0 Å². The molecule has 0 aliphatic carbocycles. The van der Waals surface area contributed by atoms with Crippen LogP contribution < -0.4 is 5.32 Å². The highest BCUT2D eigenvalue weighted by atomic mass is 16.5. The topological polar surface area (TPSA) is 57.2 Å². The SMILES string of the molecule is CC[C@@H]1N=C(CC(=O)OC)N(C)C(NC)N1C. The van der Waals surface area contributed by atoms with Crippen molar-refractivity contribution in [2.24, 2.45) is 4.99 Å². The van der Waals surface area contributed by atoms with Gasteiger partial charge in [0, 0.05) is 7.05 Å². The Hall–Kier alpha value is -1.14. The Morgan fingerprint density at radius 2 is 2.18 bits per heavy atom. The third-order valence-electron chi connectivity index (χ3n) is 3.08. The normalized spacial score (nSPS) is 25.7. The van der Waals surface area contributed by atoms with E-state index in [1.165, 1.54) is 7.11 Å². The Labute approximate surface area is 103 Å². The minimum atomic E-state index is -0.259. The fraction of sp³-hybridized carbons (Fsp3) is 0.818. The van der Waals surface area contributed by atoms with E-state index >= 15 is 0 Å². The Morgan fingerprint density at radius 1 is 1.53 bits per heavy atom. The monoisotopic (exact) mass is 242 g/mol. The minimum Gasteiger partial charge on any atom is -0.469 e. The Morgan fingerprint density at radius 3 is 2.65 bits per heavy atom. The van der Waals surface area contributed by atoms with E-state index in [0.29, 0.717) is 0 Å². The molecule has 0 aromatic carbocycles. The number of rotatable bonds is 4. The molecule has 0 bridgehead atoms. The predicted molar refractivity (Wildman–Crippen MR) is 66.5 cm³/mol. The molecule has 0 aromatic rings. The van der Waals surface area contributed by atoms with Crippen LogP contribution in [-0.4, -0.2) is 62.3 Å². The molecule has 1 aliphatic heterocycles. The maximum absolute atomic E-state index is 11.3. The second kappa shape index (κ2) is 5.97. The lowest BCUT2D eigenvalue weighted by Crippen LogP contribution is -2.61. The van der Waals surface area contributed by atoms with Gasteiger partial charge < -0.3 is 9.64 Å².